The lowest BCUT2D eigenvalue weighted by molar-refractivity contribution is -0.137. The van der Waals surface area contributed by atoms with E-state index in [-0.39, 0.29) is 12.5 Å². The van der Waals surface area contributed by atoms with E-state index >= 15 is 0 Å². The molecule has 0 amide bonds. The van der Waals surface area contributed by atoms with E-state index < -0.39 is 11.9 Å². The summed E-state index contributed by atoms with van der Waals surface area (Å²) in [6.45, 7) is 0.671. The van der Waals surface area contributed by atoms with Crippen molar-refractivity contribution in [3.8, 4) is 17.2 Å². The summed E-state index contributed by atoms with van der Waals surface area (Å²) in [5.74, 6) is 1.07. The number of hydrogen-bond acceptors (Lipinski definition) is 6. The number of fused-ring (bicyclic) bond motifs is 1. The molecule has 0 bridgehead atoms. The number of nitrogens with zero attached hydrogens (tertiary/aromatic N) is 1. The van der Waals surface area contributed by atoms with Crippen LogP contribution in [-0.2, 0) is 4.79 Å². The predicted molar refractivity (Wildman–Crippen MR) is 104 cm³/mol. The van der Waals surface area contributed by atoms with Crippen LogP contribution < -0.4 is 14.2 Å². The molecule has 0 fully saturated rings. The molecular formula is C21H18ClNO6. The minimum atomic E-state index is -0.915. The van der Waals surface area contributed by atoms with Gasteiger partial charge in [0.1, 0.15) is 24.7 Å². The van der Waals surface area contributed by atoms with Crippen LogP contribution in [0.25, 0.3) is 0 Å². The second-order valence-electron chi connectivity index (χ2n) is 6.58. The van der Waals surface area contributed by atoms with Crippen molar-refractivity contribution in [2.24, 2.45) is 0 Å². The van der Waals surface area contributed by atoms with Crippen LogP contribution >= 0.6 is 11.6 Å². The number of aromatic nitrogens is 1. The number of carboxylic acid groups (broad SMARTS) is 1. The topological polar surface area (TPSA) is 91.0 Å². The van der Waals surface area contributed by atoms with Crippen molar-refractivity contribution in [2.75, 3.05) is 13.2 Å². The molecule has 1 aromatic heterocycles. The fourth-order valence-electron chi connectivity index (χ4n) is 3.11. The standard InChI is InChI=1S/C21H18ClNO6/c22-14-3-6-18-19(7-14)29-16(11-27-18)10-26-15-4-1-13(2-5-15)17(8-21(24)25)20-9-23-12-28-20/h1-7,9,12,16-17H,8,10-11H2,(H,24,25)/t16-,17?/m0/s1. The lowest BCUT2D eigenvalue weighted by Gasteiger charge is -2.26. The van der Waals surface area contributed by atoms with E-state index in [1.54, 1.807) is 30.3 Å². The maximum absolute atomic E-state index is 11.2. The van der Waals surface area contributed by atoms with Gasteiger partial charge in [0.05, 0.1) is 18.5 Å². The molecule has 2 atom stereocenters. The van der Waals surface area contributed by atoms with Crippen LogP contribution in [0, 0.1) is 0 Å². The summed E-state index contributed by atoms with van der Waals surface area (Å²) in [5.41, 5.74) is 0.803. The van der Waals surface area contributed by atoms with E-state index in [4.69, 9.17) is 30.2 Å². The van der Waals surface area contributed by atoms with E-state index in [0.29, 0.717) is 41.2 Å². The van der Waals surface area contributed by atoms with Gasteiger partial charge < -0.3 is 23.7 Å². The third kappa shape index (κ3) is 4.63. The summed E-state index contributed by atoms with van der Waals surface area (Å²) in [7, 11) is 0. The molecule has 2 heterocycles. The van der Waals surface area contributed by atoms with E-state index in [1.807, 2.05) is 12.1 Å². The Morgan fingerprint density at radius 2 is 2.07 bits per heavy atom. The zero-order valence-corrected chi connectivity index (χ0v) is 16.0. The molecule has 4 rings (SSSR count). The van der Waals surface area contributed by atoms with Gasteiger partial charge in [0.15, 0.2) is 24.0 Å². The van der Waals surface area contributed by atoms with Crippen molar-refractivity contribution in [3.63, 3.8) is 0 Å². The first-order chi connectivity index (χ1) is 14.1. The Morgan fingerprint density at radius 3 is 2.79 bits per heavy atom. The number of aliphatic carboxylic acids is 1. The first-order valence-corrected chi connectivity index (χ1v) is 9.38. The number of rotatable bonds is 7. The highest BCUT2D eigenvalue weighted by Gasteiger charge is 2.23. The Bertz CT molecular complexity index is 973. The Labute approximate surface area is 171 Å². The van der Waals surface area contributed by atoms with Crippen LogP contribution in [0.1, 0.15) is 23.7 Å². The van der Waals surface area contributed by atoms with Crippen molar-refractivity contribution in [2.45, 2.75) is 18.4 Å². The van der Waals surface area contributed by atoms with Crippen molar-refractivity contribution in [1.82, 2.24) is 4.98 Å². The zero-order valence-electron chi connectivity index (χ0n) is 15.3. The van der Waals surface area contributed by atoms with Crippen LogP contribution in [0.3, 0.4) is 0 Å². The second-order valence-corrected chi connectivity index (χ2v) is 7.01. The van der Waals surface area contributed by atoms with Crippen LogP contribution in [0.4, 0.5) is 0 Å². The smallest absolute Gasteiger partial charge is 0.304 e. The molecule has 150 valence electrons. The third-order valence-electron chi connectivity index (χ3n) is 4.52. The lowest BCUT2D eigenvalue weighted by atomic mass is 9.93. The minimum Gasteiger partial charge on any atom is -0.490 e. The fourth-order valence-corrected chi connectivity index (χ4v) is 3.27. The largest absolute Gasteiger partial charge is 0.490 e. The molecule has 1 aliphatic heterocycles. The molecule has 0 saturated heterocycles. The van der Waals surface area contributed by atoms with Crippen LogP contribution in [0.2, 0.25) is 5.02 Å². The van der Waals surface area contributed by atoms with E-state index in [9.17, 15) is 9.90 Å². The maximum atomic E-state index is 11.2. The minimum absolute atomic E-state index is 0.0926. The second kappa shape index (κ2) is 8.45. The Morgan fingerprint density at radius 1 is 1.24 bits per heavy atom. The average Bonchev–Trinajstić information content (AvgIpc) is 3.25. The molecule has 7 nitrogen and oxygen atoms in total. The molecule has 1 N–H and O–H groups in total. The van der Waals surface area contributed by atoms with Gasteiger partial charge in [-0.1, -0.05) is 23.7 Å². The number of carbonyl (C=O) groups is 1. The Balaban J connectivity index is 1.39. The number of ether oxygens (including phenoxy) is 3. The molecule has 8 heteroatoms. The monoisotopic (exact) mass is 415 g/mol. The molecule has 2 aromatic carbocycles. The summed E-state index contributed by atoms with van der Waals surface area (Å²) in [6, 6.07) is 12.4. The molecule has 0 aliphatic carbocycles. The van der Waals surface area contributed by atoms with Crippen molar-refractivity contribution in [3.05, 3.63) is 71.4 Å². The third-order valence-corrected chi connectivity index (χ3v) is 4.75. The van der Waals surface area contributed by atoms with E-state index in [1.165, 1.54) is 12.6 Å². The van der Waals surface area contributed by atoms with E-state index in [0.717, 1.165) is 5.56 Å². The quantitative estimate of drug-likeness (QED) is 0.619. The Hall–Kier alpha value is -3.19. The highest BCUT2D eigenvalue weighted by molar-refractivity contribution is 6.30. The molecule has 0 saturated carbocycles. The van der Waals surface area contributed by atoms with Crippen molar-refractivity contribution >= 4 is 17.6 Å². The lowest BCUT2D eigenvalue weighted by Crippen LogP contribution is -2.34. The summed E-state index contributed by atoms with van der Waals surface area (Å²) in [4.78, 5) is 15.1. The highest BCUT2D eigenvalue weighted by Crippen LogP contribution is 2.34. The number of carboxylic acids is 1. The van der Waals surface area contributed by atoms with Crippen LogP contribution in [0.5, 0.6) is 17.2 Å². The van der Waals surface area contributed by atoms with Gasteiger partial charge in [0.2, 0.25) is 0 Å². The van der Waals surface area contributed by atoms with Gasteiger partial charge in [-0.2, -0.15) is 0 Å². The molecule has 0 spiro atoms. The van der Waals surface area contributed by atoms with Gasteiger partial charge in [-0.15, -0.1) is 0 Å². The first kappa shape index (κ1) is 19.1. The summed E-state index contributed by atoms with van der Waals surface area (Å²) < 4.78 is 22.6. The van der Waals surface area contributed by atoms with Gasteiger partial charge >= 0.3 is 5.97 Å². The summed E-state index contributed by atoms with van der Waals surface area (Å²) in [5, 5.41) is 9.77. The number of benzene rings is 2. The maximum Gasteiger partial charge on any atom is 0.304 e. The fraction of sp³-hybridized carbons (Fsp3) is 0.238. The van der Waals surface area contributed by atoms with Gasteiger partial charge in [0.25, 0.3) is 0 Å². The molecule has 3 aromatic rings. The normalized spacial score (nSPS) is 16.2. The summed E-state index contributed by atoms with van der Waals surface area (Å²) >= 11 is 5.99. The molecular weight excluding hydrogens is 398 g/mol. The molecule has 0 radical (unpaired) electrons. The Kier molecular flexibility index (Phi) is 5.57. The van der Waals surface area contributed by atoms with Crippen LogP contribution in [-0.4, -0.2) is 35.4 Å². The van der Waals surface area contributed by atoms with Gasteiger partial charge in [-0.25, -0.2) is 4.98 Å². The van der Waals surface area contributed by atoms with Crippen LogP contribution in [0.15, 0.2) is 59.5 Å². The van der Waals surface area contributed by atoms with Gasteiger partial charge in [-0.3, -0.25) is 4.79 Å². The number of oxazole rings is 1. The number of halogens is 1. The SMILES string of the molecule is O=C(O)CC(c1ccc(OC[C@H]2COc3ccc(Cl)cc3O2)cc1)c1cnco1. The average molecular weight is 416 g/mol. The van der Waals surface area contributed by atoms with Crippen molar-refractivity contribution in [1.29, 1.82) is 0 Å². The van der Waals surface area contributed by atoms with Gasteiger partial charge in [-0.05, 0) is 29.8 Å². The molecule has 1 unspecified atom stereocenters. The van der Waals surface area contributed by atoms with Crippen molar-refractivity contribution < 1.29 is 28.5 Å². The molecule has 29 heavy (non-hydrogen) atoms. The van der Waals surface area contributed by atoms with Gasteiger partial charge in [0, 0.05) is 11.1 Å². The van der Waals surface area contributed by atoms with E-state index in [2.05, 4.69) is 4.98 Å². The summed E-state index contributed by atoms with van der Waals surface area (Å²) in [6.07, 6.45) is 2.46. The molecule has 1 aliphatic rings. The highest BCUT2D eigenvalue weighted by atomic mass is 35.5. The predicted octanol–water partition coefficient (Wildman–Crippen LogP) is 4.15. The number of hydrogen-bond donors (Lipinski definition) is 1. The zero-order chi connectivity index (χ0) is 20.2. The first-order valence-electron chi connectivity index (χ1n) is 9.00.